The molecule has 0 aromatic heterocycles. The summed E-state index contributed by atoms with van der Waals surface area (Å²) in [6, 6.07) is 0. The Bertz CT molecular complexity index is 94.1. The average molecular weight is 188 g/mol. The third-order valence-electron chi connectivity index (χ3n) is 2.30. The Morgan fingerprint density at radius 3 is 2.46 bits per heavy atom. The van der Waals surface area contributed by atoms with E-state index in [0.717, 1.165) is 32.5 Å². The van der Waals surface area contributed by atoms with Crippen LogP contribution in [0, 0.1) is 5.92 Å². The maximum absolute atomic E-state index is 8.54. The fourth-order valence-electron chi connectivity index (χ4n) is 1.07. The molecular weight excluding hydrogens is 164 g/mol. The Morgan fingerprint density at radius 1 is 1.15 bits per heavy atom. The van der Waals surface area contributed by atoms with Gasteiger partial charge in [0.25, 0.3) is 0 Å². The first-order valence-corrected chi connectivity index (χ1v) is 5.49. The maximum Gasteiger partial charge on any atom is 0.0491 e. The summed E-state index contributed by atoms with van der Waals surface area (Å²) in [6.07, 6.45) is 5.58. The smallest absolute Gasteiger partial charge is 0.0491 e. The van der Waals surface area contributed by atoms with E-state index in [9.17, 15) is 0 Å². The number of aliphatic hydroxyl groups excluding tert-OH is 1. The van der Waals surface area contributed by atoms with Crippen LogP contribution in [-0.4, -0.2) is 24.9 Å². The second-order valence-corrected chi connectivity index (χ2v) is 3.73. The predicted molar refractivity (Wildman–Crippen MR) is 55.8 cm³/mol. The largest absolute Gasteiger partial charge is 0.396 e. The van der Waals surface area contributed by atoms with Gasteiger partial charge in [0.2, 0.25) is 0 Å². The Hall–Kier alpha value is -0.0800. The van der Waals surface area contributed by atoms with Gasteiger partial charge in [0, 0.05) is 19.8 Å². The minimum atomic E-state index is 0.327. The van der Waals surface area contributed by atoms with Gasteiger partial charge in [-0.05, 0) is 18.8 Å². The SMILES string of the molecule is CC[C@H](C)COCCCCCCO. The van der Waals surface area contributed by atoms with Crippen LogP contribution in [0.5, 0.6) is 0 Å². The molecule has 0 rings (SSSR count). The summed E-state index contributed by atoms with van der Waals surface area (Å²) < 4.78 is 5.50. The lowest BCUT2D eigenvalue weighted by Gasteiger charge is -2.08. The molecule has 80 valence electrons. The van der Waals surface area contributed by atoms with Crippen LogP contribution in [-0.2, 0) is 4.74 Å². The molecule has 13 heavy (non-hydrogen) atoms. The van der Waals surface area contributed by atoms with E-state index in [1.807, 2.05) is 0 Å². The molecule has 0 heterocycles. The van der Waals surface area contributed by atoms with Crippen LogP contribution in [0.1, 0.15) is 46.0 Å². The second kappa shape index (κ2) is 10.0. The molecule has 2 heteroatoms. The summed E-state index contributed by atoms with van der Waals surface area (Å²) in [5, 5.41) is 8.54. The normalized spacial score (nSPS) is 13.2. The molecule has 0 aliphatic heterocycles. The first kappa shape index (κ1) is 12.9. The Balaban J connectivity index is 2.91. The number of rotatable bonds is 9. The minimum absolute atomic E-state index is 0.327. The number of aliphatic hydroxyl groups is 1. The lowest BCUT2D eigenvalue weighted by Crippen LogP contribution is -2.05. The van der Waals surface area contributed by atoms with E-state index in [4.69, 9.17) is 9.84 Å². The van der Waals surface area contributed by atoms with Crippen LogP contribution in [0.25, 0.3) is 0 Å². The number of hydrogen-bond acceptors (Lipinski definition) is 2. The van der Waals surface area contributed by atoms with Crippen molar-refractivity contribution in [2.45, 2.75) is 46.0 Å². The zero-order valence-corrected chi connectivity index (χ0v) is 9.09. The van der Waals surface area contributed by atoms with Gasteiger partial charge in [0.1, 0.15) is 0 Å². The van der Waals surface area contributed by atoms with E-state index < -0.39 is 0 Å². The van der Waals surface area contributed by atoms with Gasteiger partial charge in [-0.15, -0.1) is 0 Å². The molecule has 0 bridgehead atoms. The summed E-state index contributed by atoms with van der Waals surface area (Å²) in [4.78, 5) is 0. The van der Waals surface area contributed by atoms with E-state index in [1.54, 1.807) is 0 Å². The van der Waals surface area contributed by atoms with Crippen LogP contribution in [0.2, 0.25) is 0 Å². The van der Waals surface area contributed by atoms with Crippen molar-refractivity contribution in [1.29, 1.82) is 0 Å². The molecule has 0 unspecified atom stereocenters. The van der Waals surface area contributed by atoms with E-state index >= 15 is 0 Å². The van der Waals surface area contributed by atoms with E-state index in [-0.39, 0.29) is 0 Å². The van der Waals surface area contributed by atoms with Crippen molar-refractivity contribution < 1.29 is 9.84 Å². The molecule has 2 nitrogen and oxygen atoms in total. The predicted octanol–water partition coefficient (Wildman–Crippen LogP) is 2.60. The molecule has 0 aliphatic rings. The van der Waals surface area contributed by atoms with Crippen molar-refractivity contribution in [2.24, 2.45) is 5.92 Å². The van der Waals surface area contributed by atoms with Gasteiger partial charge in [-0.2, -0.15) is 0 Å². The van der Waals surface area contributed by atoms with Crippen LogP contribution in [0.3, 0.4) is 0 Å². The molecule has 1 atom stereocenters. The van der Waals surface area contributed by atoms with Gasteiger partial charge in [0.15, 0.2) is 0 Å². The first-order chi connectivity index (χ1) is 6.31. The summed E-state index contributed by atoms with van der Waals surface area (Å²) in [5.74, 6) is 0.692. The van der Waals surface area contributed by atoms with Gasteiger partial charge in [-0.1, -0.05) is 33.1 Å². The molecule has 0 radical (unpaired) electrons. The maximum atomic E-state index is 8.54. The Kier molecular flexibility index (Phi) is 9.94. The highest BCUT2D eigenvalue weighted by atomic mass is 16.5. The van der Waals surface area contributed by atoms with Crippen LogP contribution in [0.15, 0.2) is 0 Å². The summed E-state index contributed by atoms with van der Waals surface area (Å²) in [5.41, 5.74) is 0. The van der Waals surface area contributed by atoms with Crippen molar-refractivity contribution in [3.8, 4) is 0 Å². The van der Waals surface area contributed by atoms with Crippen LogP contribution in [0.4, 0.5) is 0 Å². The van der Waals surface area contributed by atoms with E-state index in [1.165, 1.54) is 12.8 Å². The van der Waals surface area contributed by atoms with Crippen molar-refractivity contribution in [3.63, 3.8) is 0 Å². The number of hydrogen-bond donors (Lipinski definition) is 1. The van der Waals surface area contributed by atoms with Crippen molar-refractivity contribution in [3.05, 3.63) is 0 Å². The molecule has 1 N–H and O–H groups in total. The quantitative estimate of drug-likeness (QED) is 0.564. The molecule has 0 fully saturated rings. The molecule has 0 saturated heterocycles. The first-order valence-electron chi connectivity index (χ1n) is 5.49. The fourth-order valence-corrected chi connectivity index (χ4v) is 1.07. The molecule has 0 saturated carbocycles. The topological polar surface area (TPSA) is 29.5 Å². The van der Waals surface area contributed by atoms with E-state index in [2.05, 4.69) is 13.8 Å². The van der Waals surface area contributed by atoms with Gasteiger partial charge < -0.3 is 9.84 Å². The highest BCUT2D eigenvalue weighted by molar-refractivity contribution is 4.47. The van der Waals surface area contributed by atoms with Gasteiger partial charge in [0.05, 0.1) is 0 Å². The Morgan fingerprint density at radius 2 is 1.85 bits per heavy atom. The lowest BCUT2D eigenvalue weighted by molar-refractivity contribution is 0.0997. The van der Waals surface area contributed by atoms with Crippen molar-refractivity contribution >= 4 is 0 Å². The van der Waals surface area contributed by atoms with E-state index in [0.29, 0.717) is 12.5 Å². The third-order valence-corrected chi connectivity index (χ3v) is 2.30. The second-order valence-electron chi connectivity index (χ2n) is 3.73. The molecular formula is C11H24O2. The monoisotopic (exact) mass is 188 g/mol. The summed E-state index contributed by atoms with van der Waals surface area (Å²) in [7, 11) is 0. The van der Waals surface area contributed by atoms with Gasteiger partial charge >= 0.3 is 0 Å². The zero-order valence-electron chi connectivity index (χ0n) is 9.09. The van der Waals surface area contributed by atoms with Crippen LogP contribution < -0.4 is 0 Å². The van der Waals surface area contributed by atoms with Crippen LogP contribution >= 0.6 is 0 Å². The van der Waals surface area contributed by atoms with Crippen molar-refractivity contribution in [2.75, 3.05) is 19.8 Å². The zero-order chi connectivity index (χ0) is 9.94. The Labute approximate surface area is 82.3 Å². The molecule has 0 spiro atoms. The van der Waals surface area contributed by atoms with Gasteiger partial charge in [-0.25, -0.2) is 0 Å². The summed E-state index contributed by atoms with van der Waals surface area (Å²) in [6.45, 7) is 6.51. The minimum Gasteiger partial charge on any atom is -0.396 e. The molecule has 0 aliphatic carbocycles. The lowest BCUT2D eigenvalue weighted by atomic mass is 10.1. The molecule has 0 amide bonds. The number of ether oxygens (including phenoxy) is 1. The number of unbranched alkanes of at least 4 members (excludes halogenated alkanes) is 3. The molecule has 0 aromatic rings. The van der Waals surface area contributed by atoms with Crippen molar-refractivity contribution in [1.82, 2.24) is 0 Å². The van der Waals surface area contributed by atoms with Gasteiger partial charge in [-0.3, -0.25) is 0 Å². The molecule has 0 aromatic carbocycles. The standard InChI is InChI=1S/C11H24O2/c1-3-11(2)10-13-9-7-5-4-6-8-12/h11-12H,3-10H2,1-2H3/t11-/m0/s1. The highest BCUT2D eigenvalue weighted by Crippen LogP contribution is 2.03. The third kappa shape index (κ3) is 9.84. The average Bonchev–Trinajstić information content (AvgIpc) is 2.16. The summed E-state index contributed by atoms with van der Waals surface area (Å²) >= 11 is 0. The highest BCUT2D eigenvalue weighted by Gasteiger charge is 1.97. The fraction of sp³-hybridized carbons (Fsp3) is 1.00.